The molecule has 2 aliphatic rings. The van der Waals surface area contributed by atoms with E-state index in [0.29, 0.717) is 18.4 Å². The highest BCUT2D eigenvalue weighted by Crippen LogP contribution is 2.70. The summed E-state index contributed by atoms with van der Waals surface area (Å²) in [4.78, 5) is 0. The fraction of sp³-hybridized carbons (Fsp3) is 0.560. The molecular weight excluding hydrogens is 466 g/mol. The van der Waals surface area contributed by atoms with Gasteiger partial charge in [-0.15, -0.1) is 0 Å². The highest BCUT2D eigenvalue weighted by molar-refractivity contribution is 5.73. The maximum atomic E-state index is 15.6. The molecule has 186 valence electrons. The van der Waals surface area contributed by atoms with Crippen molar-refractivity contribution in [3.63, 3.8) is 0 Å². The van der Waals surface area contributed by atoms with E-state index in [-0.39, 0.29) is 18.5 Å². The van der Waals surface area contributed by atoms with Crippen molar-refractivity contribution < 1.29 is 39.7 Å². The summed E-state index contributed by atoms with van der Waals surface area (Å²) in [5.74, 6) is -4.55. The van der Waals surface area contributed by atoms with Crippen molar-refractivity contribution in [3.8, 4) is 11.3 Å². The number of halogens is 8. The Morgan fingerprint density at radius 1 is 0.882 bits per heavy atom. The Labute approximate surface area is 192 Å². The molecule has 2 heterocycles. The Morgan fingerprint density at radius 2 is 1.53 bits per heavy atom. The molecule has 1 aliphatic carbocycles. The molecule has 1 aromatic heterocycles. The van der Waals surface area contributed by atoms with Crippen LogP contribution >= 0.6 is 0 Å². The molecule has 1 nitrogen and oxygen atoms in total. The third-order valence-corrected chi connectivity index (χ3v) is 7.78. The number of pyridine rings is 1. The Morgan fingerprint density at radius 3 is 2.06 bits per heavy atom. The van der Waals surface area contributed by atoms with Crippen LogP contribution in [0.3, 0.4) is 0 Å². The van der Waals surface area contributed by atoms with Crippen LogP contribution < -0.4 is 4.57 Å². The van der Waals surface area contributed by atoms with Crippen molar-refractivity contribution in [1.29, 1.82) is 0 Å². The van der Waals surface area contributed by atoms with Crippen molar-refractivity contribution in [2.75, 3.05) is 0 Å². The van der Waals surface area contributed by atoms with Gasteiger partial charge in [-0.25, -0.2) is 8.78 Å². The zero-order valence-corrected chi connectivity index (χ0v) is 19.2. The van der Waals surface area contributed by atoms with Gasteiger partial charge in [-0.05, 0) is 30.4 Å². The van der Waals surface area contributed by atoms with Crippen LogP contribution in [-0.4, -0.2) is 0 Å². The molecule has 0 spiro atoms. The van der Waals surface area contributed by atoms with Crippen LogP contribution in [0.4, 0.5) is 35.1 Å². The largest absolute Gasteiger partial charge is 0.422 e. The van der Waals surface area contributed by atoms with Gasteiger partial charge in [-0.2, -0.15) is 30.9 Å². The zero-order valence-electron chi connectivity index (χ0n) is 19.2. The summed E-state index contributed by atoms with van der Waals surface area (Å²) >= 11 is 0. The van der Waals surface area contributed by atoms with Crippen LogP contribution in [0.5, 0.6) is 0 Å². The van der Waals surface area contributed by atoms with Crippen molar-refractivity contribution in [1.82, 2.24) is 0 Å². The summed E-state index contributed by atoms with van der Waals surface area (Å²) < 4.78 is 116. The molecule has 9 heteroatoms. The summed E-state index contributed by atoms with van der Waals surface area (Å²) in [5.41, 5.74) is -7.48. The number of aromatic nitrogens is 1. The number of nitrogens with zero attached hydrogens (tertiary/aromatic N) is 1. The molecule has 2 aromatic rings. The summed E-state index contributed by atoms with van der Waals surface area (Å²) in [6.45, 7) is 5.39. The van der Waals surface area contributed by atoms with E-state index < -0.39 is 57.2 Å². The van der Waals surface area contributed by atoms with Gasteiger partial charge in [0.2, 0.25) is 5.69 Å². The van der Waals surface area contributed by atoms with E-state index in [2.05, 4.69) is 0 Å². The second-order valence-corrected chi connectivity index (χ2v) is 9.37. The second-order valence-electron chi connectivity index (χ2n) is 9.37. The molecule has 1 fully saturated rings. The number of hydrogen-bond acceptors (Lipinski definition) is 0. The van der Waals surface area contributed by atoms with E-state index in [0.717, 1.165) is 19.3 Å². The Kier molecular flexibility index (Phi) is 5.80. The fourth-order valence-electron chi connectivity index (χ4n) is 6.13. The number of fused-ring (bicyclic) bond motifs is 6. The highest BCUT2D eigenvalue weighted by Gasteiger charge is 2.78. The molecule has 1 aliphatic heterocycles. The monoisotopic (exact) mass is 492 g/mol. The van der Waals surface area contributed by atoms with Gasteiger partial charge in [0.25, 0.3) is 0 Å². The molecular formula is C25H26F8N+. The quantitative estimate of drug-likeness (QED) is 0.220. The van der Waals surface area contributed by atoms with Gasteiger partial charge in [0, 0.05) is 25.0 Å². The maximum absolute atomic E-state index is 15.6. The van der Waals surface area contributed by atoms with Crippen molar-refractivity contribution in [2.24, 2.45) is 0 Å². The SMILES string of the molecule is CCCCCc1cc[n+]2c(c1)-c1c(F)c(C(F)(F)F)c(F)c(C(F)(F)F)c1C1(CC)CC21CC. The molecule has 0 N–H and O–H groups in total. The summed E-state index contributed by atoms with van der Waals surface area (Å²) in [6, 6.07) is 3.27. The van der Waals surface area contributed by atoms with E-state index >= 15 is 8.78 Å². The van der Waals surface area contributed by atoms with E-state index in [4.69, 9.17) is 0 Å². The third kappa shape index (κ3) is 3.28. The van der Waals surface area contributed by atoms with E-state index in [9.17, 15) is 26.3 Å². The van der Waals surface area contributed by atoms with Gasteiger partial charge in [0.1, 0.15) is 5.56 Å². The fourth-order valence-corrected chi connectivity index (χ4v) is 6.13. The first-order valence-electron chi connectivity index (χ1n) is 11.6. The number of benzene rings is 1. The molecule has 0 saturated heterocycles. The van der Waals surface area contributed by atoms with Crippen molar-refractivity contribution >= 4 is 0 Å². The molecule has 1 aromatic carbocycles. The van der Waals surface area contributed by atoms with Gasteiger partial charge in [-0.1, -0.05) is 33.6 Å². The smallest absolute Gasteiger partial charge is 0.206 e. The van der Waals surface area contributed by atoms with Gasteiger partial charge in [0.15, 0.2) is 23.4 Å². The van der Waals surface area contributed by atoms with Crippen LogP contribution in [0.2, 0.25) is 0 Å². The van der Waals surface area contributed by atoms with Crippen LogP contribution in [0.15, 0.2) is 18.3 Å². The average molecular weight is 492 g/mol. The second kappa shape index (κ2) is 7.92. The highest BCUT2D eigenvalue weighted by atomic mass is 19.4. The molecule has 0 amide bonds. The average Bonchev–Trinajstić information content (AvgIpc) is 3.43. The molecule has 1 saturated carbocycles. The third-order valence-electron chi connectivity index (χ3n) is 7.78. The lowest BCUT2D eigenvalue weighted by atomic mass is 9.75. The van der Waals surface area contributed by atoms with E-state index in [1.54, 1.807) is 30.7 Å². The summed E-state index contributed by atoms with van der Waals surface area (Å²) in [6.07, 6.45) is -5.62. The number of aryl methyl sites for hydroxylation is 1. The molecule has 2 unspecified atom stereocenters. The minimum Gasteiger partial charge on any atom is -0.206 e. The summed E-state index contributed by atoms with van der Waals surface area (Å²) in [5, 5.41) is 0. The zero-order chi connectivity index (χ0) is 25.3. The first kappa shape index (κ1) is 24.9. The van der Waals surface area contributed by atoms with Crippen LogP contribution in [0.25, 0.3) is 11.3 Å². The molecule has 4 rings (SSSR count). The first-order chi connectivity index (χ1) is 15.8. The van der Waals surface area contributed by atoms with Crippen LogP contribution in [0.1, 0.15) is 81.5 Å². The van der Waals surface area contributed by atoms with Gasteiger partial charge < -0.3 is 0 Å². The number of hydrogen-bond donors (Lipinski definition) is 0. The van der Waals surface area contributed by atoms with E-state index in [1.807, 2.05) is 6.92 Å². The number of unbranched alkanes of at least 4 members (excludes halogenated alkanes) is 2. The van der Waals surface area contributed by atoms with Crippen molar-refractivity contribution in [2.45, 2.75) is 89.0 Å². The number of rotatable bonds is 6. The molecule has 34 heavy (non-hydrogen) atoms. The van der Waals surface area contributed by atoms with E-state index in [1.165, 1.54) is 6.07 Å². The minimum absolute atomic E-state index is 0.0547. The molecule has 0 radical (unpaired) electrons. The Hall–Kier alpha value is -2.19. The number of alkyl halides is 6. The van der Waals surface area contributed by atoms with Gasteiger partial charge in [-0.3, -0.25) is 0 Å². The lowest BCUT2D eigenvalue weighted by Crippen LogP contribution is -2.55. The van der Waals surface area contributed by atoms with Crippen molar-refractivity contribution in [3.05, 3.63) is 52.2 Å². The Bertz CT molecular complexity index is 1130. The van der Waals surface area contributed by atoms with Gasteiger partial charge in [0.05, 0.1) is 16.5 Å². The maximum Gasteiger partial charge on any atom is 0.422 e. The van der Waals surface area contributed by atoms with Gasteiger partial charge >= 0.3 is 12.4 Å². The molecule has 0 bridgehead atoms. The predicted octanol–water partition coefficient (Wildman–Crippen LogP) is 7.86. The predicted molar refractivity (Wildman–Crippen MR) is 110 cm³/mol. The summed E-state index contributed by atoms with van der Waals surface area (Å²) in [7, 11) is 0. The van der Waals surface area contributed by atoms with Crippen LogP contribution in [0, 0.1) is 11.6 Å². The minimum atomic E-state index is -5.63. The molecule has 2 atom stereocenters. The normalized spacial score (nSPS) is 23.4. The lowest BCUT2D eigenvalue weighted by Gasteiger charge is -2.32. The first-order valence-corrected chi connectivity index (χ1v) is 11.6. The van der Waals surface area contributed by atoms with Crippen LogP contribution in [-0.2, 0) is 29.7 Å². The lowest BCUT2D eigenvalue weighted by molar-refractivity contribution is -0.736. The standard InChI is InChI=1S/C25H26F8N/c1-4-7-8-9-14-10-11-34-15(12-14)16-17(22(5-2)13-23(22,34)6-3)18(24(28,29)30)21(27)19(20(16)26)25(31,32)33/h10-12H,4-9,13H2,1-3H3/q+1. The Balaban J connectivity index is 2.14. The topological polar surface area (TPSA) is 3.88 Å².